The third-order valence-electron chi connectivity index (χ3n) is 4.22. The minimum Gasteiger partial charge on any atom is -0.462 e. The van der Waals surface area contributed by atoms with Gasteiger partial charge in [-0.25, -0.2) is 22.8 Å². The number of nitrogens with two attached hydrogens (primary N) is 1. The van der Waals surface area contributed by atoms with Crippen molar-refractivity contribution in [2.45, 2.75) is 65.2 Å². The average Bonchev–Trinajstić information content (AvgIpc) is 2.68. The quantitative estimate of drug-likeness (QED) is 0.226. The molecular weight excluding hydrogens is 375 g/mol. The molecule has 0 amide bonds. The first-order valence-electron chi connectivity index (χ1n) is 9.66. The van der Waals surface area contributed by atoms with Crippen LogP contribution in [0, 0.1) is 17.5 Å². The smallest absolute Gasteiger partial charge is 0.342 e. The van der Waals surface area contributed by atoms with Gasteiger partial charge in [0.05, 0.1) is 13.2 Å². The molecular formula is C20H28F3NO4. The predicted molar refractivity (Wildman–Crippen MR) is 99.6 cm³/mol. The molecule has 0 aliphatic rings. The number of nitrogen functional groups attached to an aromatic ring is 1. The Morgan fingerprint density at radius 3 is 1.57 bits per heavy atom. The first kappa shape index (κ1) is 23.8. The number of esters is 2. The van der Waals surface area contributed by atoms with Gasteiger partial charge >= 0.3 is 11.9 Å². The second-order valence-corrected chi connectivity index (χ2v) is 6.50. The van der Waals surface area contributed by atoms with Crippen molar-refractivity contribution < 1.29 is 32.2 Å². The number of rotatable bonds is 12. The highest BCUT2D eigenvalue weighted by Crippen LogP contribution is 2.28. The van der Waals surface area contributed by atoms with Crippen LogP contribution in [0.2, 0.25) is 0 Å². The van der Waals surface area contributed by atoms with E-state index in [1.54, 1.807) is 0 Å². The minimum absolute atomic E-state index is 0.0390. The maximum atomic E-state index is 14.4. The van der Waals surface area contributed by atoms with Crippen molar-refractivity contribution >= 4 is 17.6 Å². The van der Waals surface area contributed by atoms with Crippen molar-refractivity contribution in [2.75, 3.05) is 18.9 Å². The van der Waals surface area contributed by atoms with Crippen LogP contribution in [-0.4, -0.2) is 25.2 Å². The maximum absolute atomic E-state index is 14.4. The van der Waals surface area contributed by atoms with E-state index < -0.39 is 46.2 Å². The van der Waals surface area contributed by atoms with E-state index >= 15 is 0 Å². The second-order valence-electron chi connectivity index (χ2n) is 6.50. The molecule has 0 aromatic heterocycles. The van der Waals surface area contributed by atoms with Crippen molar-refractivity contribution in [1.82, 2.24) is 0 Å². The molecule has 5 nitrogen and oxygen atoms in total. The van der Waals surface area contributed by atoms with Gasteiger partial charge in [0.1, 0.15) is 16.8 Å². The van der Waals surface area contributed by atoms with Crippen molar-refractivity contribution in [3.8, 4) is 0 Å². The van der Waals surface area contributed by atoms with Gasteiger partial charge in [0.2, 0.25) is 0 Å². The van der Waals surface area contributed by atoms with Gasteiger partial charge in [0, 0.05) is 0 Å². The van der Waals surface area contributed by atoms with Crippen molar-refractivity contribution in [1.29, 1.82) is 0 Å². The zero-order valence-corrected chi connectivity index (χ0v) is 16.4. The van der Waals surface area contributed by atoms with E-state index in [4.69, 9.17) is 15.2 Å². The summed E-state index contributed by atoms with van der Waals surface area (Å²) < 4.78 is 52.3. The normalized spacial score (nSPS) is 10.8. The Hall–Kier alpha value is -2.25. The van der Waals surface area contributed by atoms with Crippen molar-refractivity contribution in [3.05, 3.63) is 28.6 Å². The number of ether oxygens (including phenoxy) is 2. The van der Waals surface area contributed by atoms with Crippen LogP contribution in [0.4, 0.5) is 18.9 Å². The lowest BCUT2D eigenvalue weighted by molar-refractivity contribution is 0.0440. The summed E-state index contributed by atoms with van der Waals surface area (Å²) >= 11 is 0. The standard InChI is InChI=1S/C20H28F3NO4/c1-3-5-7-9-11-27-19(25)13-14(16(22)18(24)17(23)15(13)21)20(26)28-12-10-8-6-4-2/h3-12,24H2,1-2H3. The van der Waals surface area contributed by atoms with Crippen LogP contribution >= 0.6 is 0 Å². The summed E-state index contributed by atoms with van der Waals surface area (Å²) in [5.41, 5.74) is 1.84. The number of hydrogen-bond donors (Lipinski definition) is 1. The van der Waals surface area contributed by atoms with Crippen LogP contribution in [-0.2, 0) is 9.47 Å². The summed E-state index contributed by atoms with van der Waals surface area (Å²) in [5.74, 6) is -7.61. The maximum Gasteiger partial charge on any atom is 0.342 e. The van der Waals surface area contributed by atoms with E-state index in [1.165, 1.54) is 0 Å². The molecule has 0 unspecified atom stereocenters. The predicted octanol–water partition coefficient (Wildman–Crippen LogP) is 5.16. The number of carbonyl (C=O) groups is 2. The highest BCUT2D eigenvalue weighted by molar-refractivity contribution is 6.04. The highest BCUT2D eigenvalue weighted by Gasteiger charge is 2.33. The van der Waals surface area contributed by atoms with E-state index in [-0.39, 0.29) is 13.2 Å². The lowest BCUT2D eigenvalue weighted by Gasteiger charge is -2.14. The molecule has 1 rings (SSSR count). The molecule has 28 heavy (non-hydrogen) atoms. The summed E-state index contributed by atoms with van der Waals surface area (Å²) in [6.07, 6.45) is 6.39. The number of anilines is 1. The van der Waals surface area contributed by atoms with E-state index in [0.29, 0.717) is 12.8 Å². The molecule has 2 N–H and O–H groups in total. The van der Waals surface area contributed by atoms with Gasteiger partial charge in [0.15, 0.2) is 17.5 Å². The summed E-state index contributed by atoms with van der Waals surface area (Å²) in [6, 6.07) is 0. The lowest BCUT2D eigenvalue weighted by atomic mass is 10.0. The summed E-state index contributed by atoms with van der Waals surface area (Å²) in [7, 11) is 0. The van der Waals surface area contributed by atoms with Gasteiger partial charge in [-0.1, -0.05) is 52.4 Å². The van der Waals surface area contributed by atoms with Crippen LogP contribution in [0.1, 0.15) is 85.9 Å². The van der Waals surface area contributed by atoms with Crippen molar-refractivity contribution in [3.63, 3.8) is 0 Å². The van der Waals surface area contributed by atoms with Crippen molar-refractivity contribution in [2.24, 2.45) is 0 Å². The largest absolute Gasteiger partial charge is 0.462 e. The molecule has 0 fully saturated rings. The molecule has 0 bridgehead atoms. The molecule has 8 heteroatoms. The minimum atomic E-state index is -1.74. The Labute approximate surface area is 163 Å². The molecule has 0 aliphatic carbocycles. The fraction of sp³-hybridized carbons (Fsp3) is 0.600. The molecule has 0 aliphatic heterocycles. The SMILES string of the molecule is CCCCCCOC(=O)c1c(F)c(N)c(F)c(F)c1C(=O)OCCCCCC. The fourth-order valence-electron chi connectivity index (χ4n) is 2.59. The first-order valence-corrected chi connectivity index (χ1v) is 9.66. The molecule has 0 radical (unpaired) electrons. The molecule has 0 spiro atoms. The van der Waals surface area contributed by atoms with Gasteiger partial charge in [-0.2, -0.15) is 0 Å². The summed E-state index contributed by atoms with van der Waals surface area (Å²) in [5, 5.41) is 0. The number of carbonyl (C=O) groups excluding carboxylic acids is 2. The van der Waals surface area contributed by atoms with E-state index in [1.807, 2.05) is 13.8 Å². The number of unbranched alkanes of at least 4 members (excludes halogenated alkanes) is 6. The van der Waals surface area contributed by atoms with Gasteiger partial charge in [-0.3, -0.25) is 0 Å². The molecule has 0 atom stereocenters. The Balaban J connectivity index is 3.00. The molecule has 0 heterocycles. The fourth-order valence-corrected chi connectivity index (χ4v) is 2.59. The Bertz CT molecular complexity index is 623. The zero-order valence-electron chi connectivity index (χ0n) is 16.4. The molecule has 0 saturated carbocycles. The monoisotopic (exact) mass is 403 g/mol. The van der Waals surface area contributed by atoms with Gasteiger partial charge in [-0.15, -0.1) is 0 Å². The van der Waals surface area contributed by atoms with Gasteiger partial charge in [0.25, 0.3) is 0 Å². The topological polar surface area (TPSA) is 78.6 Å². The first-order chi connectivity index (χ1) is 13.4. The Morgan fingerprint density at radius 2 is 1.14 bits per heavy atom. The molecule has 1 aromatic carbocycles. The number of halogens is 3. The van der Waals surface area contributed by atoms with E-state index in [9.17, 15) is 22.8 Å². The zero-order chi connectivity index (χ0) is 21.1. The lowest BCUT2D eigenvalue weighted by Crippen LogP contribution is -2.21. The van der Waals surface area contributed by atoms with Gasteiger partial charge < -0.3 is 15.2 Å². The second kappa shape index (κ2) is 12.3. The van der Waals surface area contributed by atoms with Crippen LogP contribution in [0.5, 0.6) is 0 Å². The number of hydrogen-bond acceptors (Lipinski definition) is 5. The Kier molecular flexibility index (Phi) is 10.4. The van der Waals surface area contributed by atoms with Crippen LogP contribution in [0.15, 0.2) is 0 Å². The third-order valence-corrected chi connectivity index (χ3v) is 4.22. The molecule has 0 saturated heterocycles. The summed E-state index contributed by atoms with van der Waals surface area (Å²) in [6.45, 7) is 3.91. The third kappa shape index (κ3) is 6.42. The highest BCUT2D eigenvalue weighted by atomic mass is 19.2. The van der Waals surface area contributed by atoms with Crippen LogP contribution in [0.25, 0.3) is 0 Å². The summed E-state index contributed by atoms with van der Waals surface area (Å²) in [4.78, 5) is 24.4. The molecule has 158 valence electrons. The molecule has 1 aromatic rings. The van der Waals surface area contributed by atoms with E-state index in [0.717, 1.165) is 38.5 Å². The number of benzene rings is 1. The Morgan fingerprint density at radius 1 is 0.714 bits per heavy atom. The average molecular weight is 403 g/mol. The van der Waals surface area contributed by atoms with Gasteiger partial charge in [-0.05, 0) is 12.8 Å². The van der Waals surface area contributed by atoms with Crippen LogP contribution < -0.4 is 5.73 Å². The van der Waals surface area contributed by atoms with Crippen LogP contribution in [0.3, 0.4) is 0 Å². The van der Waals surface area contributed by atoms with E-state index in [2.05, 4.69) is 0 Å².